The van der Waals surface area contributed by atoms with Gasteiger partial charge in [0.25, 0.3) is 5.69 Å². The standard InChI is InChI=1S/C18H18N4O2/c19-13-16-12-17(22(23)24)6-7-18(16)21-10-8-20(9-11-21)14-15-4-2-1-3-5-15/h1-7,12H,8-11,14H2/p+1. The van der Waals surface area contributed by atoms with Crippen molar-refractivity contribution >= 4 is 11.4 Å². The summed E-state index contributed by atoms with van der Waals surface area (Å²) in [7, 11) is 0. The van der Waals surface area contributed by atoms with Gasteiger partial charge in [-0.15, -0.1) is 0 Å². The van der Waals surface area contributed by atoms with Crippen LogP contribution in [0.2, 0.25) is 0 Å². The Morgan fingerprint density at radius 2 is 1.88 bits per heavy atom. The molecule has 1 aliphatic rings. The van der Waals surface area contributed by atoms with Crippen molar-refractivity contribution in [2.24, 2.45) is 0 Å². The van der Waals surface area contributed by atoms with Crippen LogP contribution in [0.3, 0.4) is 0 Å². The first kappa shape index (κ1) is 16.0. The van der Waals surface area contributed by atoms with E-state index >= 15 is 0 Å². The number of nitrogens with one attached hydrogen (secondary N) is 1. The van der Waals surface area contributed by atoms with Crippen LogP contribution in [0, 0.1) is 21.4 Å². The lowest BCUT2D eigenvalue weighted by Gasteiger charge is -2.34. The van der Waals surface area contributed by atoms with Gasteiger partial charge in [-0.05, 0) is 6.07 Å². The van der Waals surface area contributed by atoms with E-state index in [1.165, 1.54) is 22.6 Å². The molecule has 122 valence electrons. The van der Waals surface area contributed by atoms with E-state index in [9.17, 15) is 15.4 Å². The Kier molecular flexibility index (Phi) is 4.73. The summed E-state index contributed by atoms with van der Waals surface area (Å²) in [5.41, 5.74) is 2.45. The summed E-state index contributed by atoms with van der Waals surface area (Å²) in [6.07, 6.45) is 0. The first-order chi connectivity index (χ1) is 11.7. The number of benzene rings is 2. The first-order valence-electron chi connectivity index (χ1n) is 7.98. The van der Waals surface area contributed by atoms with Crippen LogP contribution in [-0.2, 0) is 6.54 Å². The van der Waals surface area contributed by atoms with Crippen molar-refractivity contribution in [3.63, 3.8) is 0 Å². The number of hydrogen-bond donors (Lipinski definition) is 1. The maximum absolute atomic E-state index is 10.9. The van der Waals surface area contributed by atoms with Crippen molar-refractivity contribution in [1.29, 1.82) is 5.26 Å². The van der Waals surface area contributed by atoms with Crippen molar-refractivity contribution in [1.82, 2.24) is 0 Å². The predicted molar refractivity (Wildman–Crippen MR) is 90.9 cm³/mol. The molecule has 0 aromatic heterocycles. The molecule has 24 heavy (non-hydrogen) atoms. The van der Waals surface area contributed by atoms with Crippen LogP contribution < -0.4 is 9.80 Å². The number of quaternary nitrogens is 1. The van der Waals surface area contributed by atoms with Gasteiger partial charge in [0.15, 0.2) is 0 Å². The van der Waals surface area contributed by atoms with E-state index in [4.69, 9.17) is 0 Å². The molecular weight excluding hydrogens is 304 g/mol. The summed E-state index contributed by atoms with van der Waals surface area (Å²) in [5.74, 6) is 0. The van der Waals surface area contributed by atoms with E-state index < -0.39 is 4.92 Å². The zero-order valence-electron chi connectivity index (χ0n) is 13.3. The van der Waals surface area contributed by atoms with Crippen LogP contribution in [-0.4, -0.2) is 31.1 Å². The molecule has 3 rings (SSSR count). The normalized spacial score (nSPS) is 15.0. The van der Waals surface area contributed by atoms with Crippen LogP contribution in [0.1, 0.15) is 11.1 Å². The molecule has 1 N–H and O–H groups in total. The fraction of sp³-hybridized carbons (Fsp3) is 0.278. The molecule has 0 aliphatic carbocycles. The second-order valence-electron chi connectivity index (χ2n) is 5.97. The topological polar surface area (TPSA) is 74.6 Å². The van der Waals surface area contributed by atoms with Crippen LogP contribution in [0.25, 0.3) is 0 Å². The maximum Gasteiger partial charge on any atom is 0.270 e. The molecule has 0 radical (unpaired) electrons. The quantitative estimate of drug-likeness (QED) is 0.681. The van der Waals surface area contributed by atoms with Gasteiger partial charge in [0.2, 0.25) is 0 Å². The highest BCUT2D eigenvalue weighted by molar-refractivity contribution is 5.63. The number of nitro groups is 1. The number of piperazine rings is 1. The molecule has 1 heterocycles. The smallest absolute Gasteiger partial charge is 0.270 e. The minimum absolute atomic E-state index is 0.0383. The lowest BCUT2D eigenvalue weighted by Crippen LogP contribution is -3.13. The van der Waals surface area contributed by atoms with Crippen molar-refractivity contribution in [3.8, 4) is 6.07 Å². The Morgan fingerprint density at radius 3 is 2.50 bits per heavy atom. The van der Waals surface area contributed by atoms with Gasteiger partial charge in [-0.25, -0.2) is 0 Å². The summed E-state index contributed by atoms with van der Waals surface area (Å²) in [5, 5.41) is 20.2. The SMILES string of the molecule is N#Cc1cc([N+](=O)[O-])ccc1N1CC[NH+](Cc2ccccc2)CC1. The summed E-state index contributed by atoms with van der Waals surface area (Å²) >= 11 is 0. The van der Waals surface area contributed by atoms with E-state index in [-0.39, 0.29) is 5.69 Å². The molecule has 6 heteroatoms. The van der Waals surface area contributed by atoms with E-state index in [2.05, 4.69) is 35.2 Å². The lowest BCUT2D eigenvalue weighted by molar-refractivity contribution is -0.914. The van der Waals surface area contributed by atoms with E-state index in [1.54, 1.807) is 6.07 Å². The molecular formula is C18H19N4O2+. The van der Waals surface area contributed by atoms with E-state index in [1.807, 2.05) is 6.07 Å². The summed E-state index contributed by atoms with van der Waals surface area (Å²) in [6, 6.07) is 17.0. The predicted octanol–water partition coefficient (Wildman–Crippen LogP) is 1.37. The minimum Gasteiger partial charge on any atom is -0.359 e. The molecule has 0 unspecified atom stereocenters. The van der Waals surface area contributed by atoms with Gasteiger partial charge in [0.1, 0.15) is 12.6 Å². The second kappa shape index (κ2) is 7.11. The van der Waals surface area contributed by atoms with Gasteiger partial charge < -0.3 is 9.80 Å². The van der Waals surface area contributed by atoms with Gasteiger partial charge in [0.05, 0.1) is 42.4 Å². The third-order valence-corrected chi connectivity index (χ3v) is 4.42. The number of nitro benzene ring substituents is 1. The fourth-order valence-corrected chi connectivity index (χ4v) is 3.13. The summed E-state index contributed by atoms with van der Waals surface area (Å²) in [4.78, 5) is 14.0. The van der Waals surface area contributed by atoms with Crippen LogP contribution in [0.5, 0.6) is 0 Å². The average Bonchev–Trinajstić information content (AvgIpc) is 2.62. The number of anilines is 1. The molecule has 0 bridgehead atoms. The molecule has 0 saturated carbocycles. The molecule has 6 nitrogen and oxygen atoms in total. The third kappa shape index (κ3) is 3.53. The maximum atomic E-state index is 10.9. The number of non-ortho nitro benzene ring substituents is 1. The van der Waals surface area contributed by atoms with Crippen molar-refractivity contribution in [3.05, 3.63) is 69.8 Å². The van der Waals surface area contributed by atoms with Crippen LogP contribution in [0.15, 0.2) is 48.5 Å². The minimum atomic E-state index is -0.466. The molecule has 2 aromatic carbocycles. The molecule has 1 aliphatic heterocycles. The molecule has 1 fully saturated rings. The lowest BCUT2D eigenvalue weighted by atomic mass is 10.1. The van der Waals surface area contributed by atoms with Gasteiger partial charge in [-0.3, -0.25) is 10.1 Å². The molecule has 0 amide bonds. The largest absolute Gasteiger partial charge is 0.359 e. The van der Waals surface area contributed by atoms with Crippen LogP contribution >= 0.6 is 0 Å². The van der Waals surface area contributed by atoms with Crippen molar-refractivity contribution in [2.75, 3.05) is 31.1 Å². The highest BCUT2D eigenvalue weighted by Crippen LogP contribution is 2.24. The van der Waals surface area contributed by atoms with Gasteiger partial charge in [0, 0.05) is 17.7 Å². The van der Waals surface area contributed by atoms with Crippen molar-refractivity contribution in [2.45, 2.75) is 6.54 Å². The van der Waals surface area contributed by atoms with E-state index in [0.717, 1.165) is 38.4 Å². The summed E-state index contributed by atoms with van der Waals surface area (Å²) < 4.78 is 0. The highest BCUT2D eigenvalue weighted by Gasteiger charge is 2.23. The Hall–Kier alpha value is -2.91. The van der Waals surface area contributed by atoms with Gasteiger partial charge >= 0.3 is 0 Å². The molecule has 0 atom stereocenters. The number of rotatable bonds is 4. The third-order valence-electron chi connectivity index (χ3n) is 4.42. The second-order valence-corrected chi connectivity index (χ2v) is 5.97. The van der Waals surface area contributed by atoms with E-state index in [0.29, 0.717) is 5.56 Å². The Labute approximate surface area is 140 Å². The number of hydrogen-bond acceptors (Lipinski definition) is 4. The molecule has 1 saturated heterocycles. The van der Waals surface area contributed by atoms with Gasteiger partial charge in [-0.2, -0.15) is 5.26 Å². The Balaban J connectivity index is 1.66. The fourth-order valence-electron chi connectivity index (χ4n) is 3.13. The molecule has 0 spiro atoms. The van der Waals surface area contributed by atoms with Crippen molar-refractivity contribution < 1.29 is 9.82 Å². The molecule has 2 aromatic rings. The average molecular weight is 323 g/mol. The number of nitriles is 1. The zero-order valence-corrected chi connectivity index (χ0v) is 13.3. The number of nitrogens with zero attached hydrogens (tertiary/aromatic N) is 3. The highest BCUT2D eigenvalue weighted by atomic mass is 16.6. The summed E-state index contributed by atoms with van der Waals surface area (Å²) in [6.45, 7) is 4.65. The van der Waals surface area contributed by atoms with Gasteiger partial charge in [-0.1, -0.05) is 30.3 Å². The Bertz CT molecular complexity index is 762. The van der Waals surface area contributed by atoms with Crippen LogP contribution in [0.4, 0.5) is 11.4 Å². The Morgan fingerprint density at radius 1 is 1.17 bits per heavy atom. The zero-order chi connectivity index (χ0) is 16.9. The first-order valence-corrected chi connectivity index (χ1v) is 7.98. The monoisotopic (exact) mass is 323 g/mol.